The summed E-state index contributed by atoms with van der Waals surface area (Å²) in [6, 6.07) is 23.2. The Kier molecular flexibility index (Phi) is 5.97. The molecule has 0 saturated heterocycles. The van der Waals surface area contributed by atoms with Crippen LogP contribution in [0.15, 0.2) is 72.8 Å². The van der Waals surface area contributed by atoms with E-state index in [1.165, 1.54) is 0 Å². The maximum atomic E-state index is 12.1. The summed E-state index contributed by atoms with van der Waals surface area (Å²) in [5.41, 5.74) is 2.70. The number of rotatable bonds is 4. The lowest BCUT2D eigenvalue weighted by Crippen LogP contribution is -2.19. The molecule has 1 atom stereocenters. The number of halogens is 2. The van der Waals surface area contributed by atoms with Gasteiger partial charge in [-0.15, -0.1) is 0 Å². The normalized spacial score (nSPS) is 11.3. The summed E-state index contributed by atoms with van der Waals surface area (Å²) in [6.07, 6.45) is 0. The molecular weight excluding hydrogens is 381 g/mol. The van der Waals surface area contributed by atoms with Crippen molar-refractivity contribution in [2.45, 2.75) is 5.92 Å². The zero-order valence-corrected chi connectivity index (χ0v) is 15.6. The lowest BCUT2D eigenvalue weighted by molar-refractivity contribution is 0.262. The molecule has 0 saturated carbocycles. The first kappa shape index (κ1) is 18.8. The number of hydrogen-bond donors (Lipinski definition) is 2. The van der Waals surface area contributed by atoms with E-state index in [2.05, 4.69) is 16.7 Å². The molecule has 2 amide bonds. The van der Waals surface area contributed by atoms with Crippen LogP contribution in [0.4, 0.5) is 16.2 Å². The molecule has 3 aromatic carbocycles. The number of nitriles is 1. The summed E-state index contributed by atoms with van der Waals surface area (Å²) in [5.74, 6) is -0.476. The van der Waals surface area contributed by atoms with Crippen molar-refractivity contribution >= 4 is 40.6 Å². The fourth-order valence-electron chi connectivity index (χ4n) is 2.63. The summed E-state index contributed by atoms with van der Waals surface area (Å²) in [4.78, 5) is 12.1. The predicted octanol–water partition coefficient (Wildman–Crippen LogP) is 6.29. The van der Waals surface area contributed by atoms with Crippen molar-refractivity contribution < 1.29 is 4.79 Å². The Labute approximate surface area is 167 Å². The van der Waals surface area contributed by atoms with E-state index in [-0.39, 0.29) is 0 Å². The van der Waals surface area contributed by atoms with Crippen LogP contribution in [0, 0.1) is 11.3 Å². The highest BCUT2D eigenvalue weighted by Gasteiger charge is 2.17. The Balaban J connectivity index is 1.73. The lowest BCUT2D eigenvalue weighted by atomic mass is 9.92. The van der Waals surface area contributed by atoms with Crippen LogP contribution in [0.3, 0.4) is 0 Å². The van der Waals surface area contributed by atoms with Gasteiger partial charge < -0.3 is 10.6 Å². The lowest BCUT2D eigenvalue weighted by Gasteiger charge is -2.14. The van der Waals surface area contributed by atoms with Crippen molar-refractivity contribution in [2.75, 3.05) is 10.6 Å². The van der Waals surface area contributed by atoms with Crippen LogP contribution < -0.4 is 10.6 Å². The minimum atomic E-state index is -0.476. The van der Waals surface area contributed by atoms with Crippen LogP contribution in [0.5, 0.6) is 0 Å². The molecule has 6 heteroatoms. The molecule has 3 aromatic rings. The van der Waals surface area contributed by atoms with E-state index in [9.17, 15) is 10.1 Å². The van der Waals surface area contributed by atoms with Crippen molar-refractivity contribution in [3.05, 3.63) is 94.0 Å². The van der Waals surface area contributed by atoms with E-state index in [0.29, 0.717) is 27.0 Å². The molecule has 0 aliphatic heterocycles. The largest absolute Gasteiger partial charge is 0.323 e. The number of nitrogens with zero attached hydrogens (tertiary/aromatic N) is 1. The first-order chi connectivity index (χ1) is 13.1. The molecule has 0 aliphatic rings. The number of hydrogen-bond acceptors (Lipinski definition) is 2. The van der Waals surface area contributed by atoms with Crippen molar-refractivity contribution in [2.24, 2.45) is 0 Å². The van der Waals surface area contributed by atoms with E-state index in [1.54, 1.807) is 42.5 Å². The quantitative estimate of drug-likeness (QED) is 0.544. The molecular formula is C21H15Cl2N3O. The van der Waals surface area contributed by atoms with Gasteiger partial charge in [0.2, 0.25) is 0 Å². The molecule has 4 nitrogen and oxygen atoms in total. The highest BCUT2D eigenvalue weighted by atomic mass is 35.5. The average Bonchev–Trinajstić information content (AvgIpc) is 2.67. The van der Waals surface area contributed by atoms with E-state index in [0.717, 1.165) is 5.56 Å². The fourth-order valence-corrected chi connectivity index (χ4v) is 3.05. The third-order valence-electron chi connectivity index (χ3n) is 3.93. The molecule has 27 heavy (non-hydrogen) atoms. The van der Waals surface area contributed by atoms with E-state index in [4.69, 9.17) is 23.2 Å². The molecule has 0 spiro atoms. The van der Waals surface area contributed by atoms with Gasteiger partial charge in [-0.2, -0.15) is 5.26 Å². The summed E-state index contributed by atoms with van der Waals surface area (Å²) < 4.78 is 0. The topological polar surface area (TPSA) is 64.9 Å². The number of urea groups is 1. The van der Waals surface area contributed by atoms with Crippen LogP contribution in [-0.4, -0.2) is 6.03 Å². The number of carbonyl (C=O) groups excluding carboxylic acids is 1. The average molecular weight is 396 g/mol. The molecule has 2 N–H and O–H groups in total. The Hall–Kier alpha value is -3.00. The highest BCUT2D eigenvalue weighted by Crippen LogP contribution is 2.31. The van der Waals surface area contributed by atoms with Gasteiger partial charge in [-0.1, -0.05) is 59.6 Å². The van der Waals surface area contributed by atoms with Gasteiger partial charge in [-0.3, -0.25) is 0 Å². The second kappa shape index (κ2) is 8.59. The van der Waals surface area contributed by atoms with Crippen LogP contribution in [-0.2, 0) is 0 Å². The smallest absolute Gasteiger partial charge is 0.308 e. The molecule has 0 heterocycles. The maximum Gasteiger partial charge on any atom is 0.323 e. The van der Waals surface area contributed by atoms with Crippen LogP contribution in [0.25, 0.3) is 0 Å². The van der Waals surface area contributed by atoms with Crippen LogP contribution in [0.1, 0.15) is 17.0 Å². The zero-order chi connectivity index (χ0) is 19.2. The summed E-state index contributed by atoms with van der Waals surface area (Å²) in [7, 11) is 0. The second-order valence-corrected chi connectivity index (χ2v) is 6.64. The number of carbonyl (C=O) groups is 1. The molecule has 134 valence electrons. The van der Waals surface area contributed by atoms with Crippen molar-refractivity contribution in [3.63, 3.8) is 0 Å². The van der Waals surface area contributed by atoms with Gasteiger partial charge >= 0.3 is 6.03 Å². The molecule has 0 fully saturated rings. The van der Waals surface area contributed by atoms with Gasteiger partial charge in [0.1, 0.15) is 0 Å². The van der Waals surface area contributed by atoms with Gasteiger partial charge in [-0.25, -0.2) is 4.79 Å². The van der Waals surface area contributed by atoms with Crippen LogP contribution >= 0.6 is 23.2 Å². The Bertz CT molecular complexity index is 983. The fraction of sp³-hybridized carbons (Fsp3) is 0.0476. The predicted molar refractivity (Wildman–Crippen MR) is 109 cm³/mol. The molecule has 3 rings (SSSR count). The molecule has 0 aromatic heterocycles. The van der Waals surface area contributed by atoms with E-state index in [1.807, 2.05) is 30.3 Å². The SMILES string of the molecule is N#CC(c1ccccc1)c1ccc(NC(=O)Nc2ccc(Cl)cc2)cc1Cl. The monoisotopic (exact) mass is 395 g/mol. The Morgan fingerprint density at radius 3 is 2.15 bits per heavy atom. The second-order valence-electron chi connectivity index (χ2n) is 5.80. The third-order valence-corrected chi connectivity index (χ3v) is 4.51. The number of anilines is 2. The van der Waals surface area contributed by atoms with E-state index < -0.39 is 11.9 Å². The van der Waals surface area contributed by atoms with Gasteiger partial charge in [0.25, 0.3) is 0 Å². The summed E-state index contributed by atoms with van der Waals surface area (Å²) in [6.45, 7) is 0. The summed E-state index contributed by atoms with van der Waals surface area (Å²) >= 11 is 12.2. The first-order valence-corrected chi connectivity index (χ1v) is 8.90. The molecule has 0 bridgehead atoms. The maximum absolute atomic E-state index is 12.1. The van der Waals surface area contributed by atoms with Gasteiger partial charge in [-0.05, 0) is 47.5 Å². The van der Waals surface area contributed by atoms with Crippen molar-refractivity contribution in [3.8, 4) is 6.07 Å². The minimum Gasteiger partial charge on any atom is -0.308 e. The van der Waals surface area contributed by atoms with Gasteiger partial charge in [0, 0.05) is 21.4 Å². The summed E-state index contributed by atoms with van der Waals surface area (Å²) in [5, 5.41) is 16.0. The Morgan fingerprint density at radius 1 is 0.889 bits per heavy atom. The van der Waals surface area contributed by atoms with Crippen LogP contribution in [0.2, 0.25) is 10.0 Å². The van der Waals surface area contributed by atoms with Gasteiger partial charge in [0.15, 0.2) is 0 Å². The Morgan fingerprint density at radius 2 is 1.52 bits per heavy atom. The van der Waals surface area contributed by atoms with Crippen molar-refractivity contribution in [1.29, 1.82) is 5.26 Å². The van der Waals surface area contributed by atoms with Gasteiger partial charge in [0.05, 0.1) is 12.0 Å². The molecule has 0 radical (unpaired) electrons. The zero-order valence-electron chi connectivity index (χ0n) is 14.1. The first-order valence-electron chi connectivity index (χ1n) is 8.14. The van der Waals surface area contributed by atoms with E-state index >= 15 is 0 Å². The number of benzene rings is 3. The molecule has 0 aliphatic carbocycles. The third kappa shape index (κ3) is 4.79. The molecule has 1 unspecified atom stereocenters. The number of amides is 2. The highest BCUT2D eigenvalue weighted by molar-refractivity contribution is 6.32. The number of nitrogens with one attached hydrogen (secondary N) is 2. The van der Waals surface area contributed by atoms with Crippen molar-refractivity contribution in [1.82, 2.24) is 0 Å². The minimum absolute atomic E-state index is 0.402. The standard InChI is InChI=1S/C21H15Cl2N3O/c22-15-6-8-16(9-7-15)25-21(27)26-17-10-11-18(20(23)12-17)19(13-24)14-4-2-1-3-5-14/h1-12,19H,(H2,25,26,27).